The first-order valence-corrected chi connectivity index (χ1v) is 6.79. The van der Waals surface area contributed by atoms with Gasteiger partial charge < -0.3 is 9.15 Å². The van der Waals surface area contributed by atoms with Gasteiger partial charge in [-0.25, -0.2) is 0 Å². The van der Waals surface area contributed by atoms with Crippen LogP contribution in [0.2, 0.25) is 0 Å². The van der Waals surface area contributed by atoms with Crippen molar-refractivity contribution in [1.82, 2.24) is 0 Å². The maximum absolute atomic E-state index is 5.59. The number of methoxy groups -OCH3 is 1. The second-order valence-corrected chi connectivity index (χ2v) is 5.37. The van der Waals surface area contributed by atoms with Crippen LogP contribution in [0.4, 0.5) is 0 Å². The van der Waals surface area contributed by atoms with E-state index in [-0.39, 0.29) is 0 Å². The van der Waals surface area contributed by atoms with Gasteiger partial charge in [0.25, 0.3) is 0 Å². The number of furan rings is 1. The van der Waals surface area contributed by atoms with Gasteiger partial charge in [-0.05, 0) is 72.1 Å². The van der Waals surface area contributed by atoms with Crippen molar-refractivity contribution in [2.75, 3.05) is 7.11 Å². The lowest BCUT2D eigenvalue weighted by Crippen LogP contribution is -1.82. The third-order valence-electron chi connectivity index (χ3n) is 2.11. The fraction of sp³-hybridized carbons (Fsp3) is 0.0909. The Morgan fingerprint density at radius 1 is 1.00 bits per heavy atom. The molecular formula is C11H7Br3O2. The predicted octanol–water partition coefficient (Wildman–Crippen LogP) is 5.24. The van der Waals surface area contributed by atoms with Gasteiger partial charge in [0.05, 0.1) is 16.1 Å². The second kappa shape index (κ2) is 4.94. The lowest BCUT2D eigenvalue weighted by atomic mass is 10.2. The number of halogens is 3. The van der Waals surface area contributed by atoms with Crippen molar-refractivity contribution in [2.24, 2.45) is 0 Å². The molecule has 0 amide bonds. The molecular weight excluding hydrogens is 404 g/mol. The molecule has 1 aromatic carbocycles. The molecule has 0 N–H and O–H groups in total. The van der Waals surface area contributed by atoms with E-state index in [1.807, 2.05) is 24.3 Å². The molecule has 0 aliphatic heterocycles. The Kier molecular flexibility index (Phi) is 3.77. The highest BCUT2D eigenvalue weighted by atomic mass is 79.9. The van der Waals surface area contributed by atoms with Gasteiger partial charge in [-0.15, -0.1) is 0 Å². The third-order valence-corrected chi connectivity index (χ3v) is 5.24. The molecule has 1 aromatic heterocycles. The van der Waals surface area contributed by atoms with Crippen molar-refractivity contribution < 1.29 is 9.15 Å². The molecule has 0 radical (unpaired) electrons. The quantitative estimate of drug-likeness (QED) is 0.675. The van der Waals surface area contributed by atoms with E-state index < -0.39 is 0 Å². The van der Waals surface area contributed by atoms with Crippen molar-refractivity contribution in [3.8, 4) is 17.1 Å². The van der Waals surface area contributed by atoms with Crippen LogP contribution in [0.1, 0.15) is 0 Å². The molecule has 0 bridgehead atoms. The summed E-state index contributed by atoms with van der Waals surface area (Å²) in [6, 6.07) is 7.68. The Morgan fingerprint density at radius 2 is 1.62 bits per heavy atom. The van der Waals surface area contributed by atoms with Crippen molar-refractivity contribution in [1.29, 1.82) is 0 Å². The van der Waals surface area contributed by atoms with Crippen LogP contribution in [0.3, 0.4) is 0 Å². The van der Waals surface area contributed by atoms with E-state index in [1.54, 1.807) is 7.11 Å². The molecule has 2 rings (SSSR count). The van der Waals surface area contributed by atoms with E-state index in [4.69, 9.17) is 9.15 Å². The van der Waals surface area contributed by atoms with Crippen LogP contribution in [0.15, 0.2) is 42.3 Å². The largest absolute Gasteiger partial charge is 0.497 e. The molecule has 1 heterocycles. The topological polar surface area (TPSA) is 22.4 Å². The van der Waals surface area contributed by atoms with Gasteiger partial charge in [0, 0.05) is 5.56 Å². The smallest absolute Gasteiger partial charge is 0.185 e. The highest BCUT2D eigenvalue weighted by Gasteiger charge is 2.15. The summed E-state index contributed by atoms with van der Waals surface area (Å²) in [6.45, 7) is 0. The molecule has 0 fully saturated rings. The normalized spacial score (nSPS) is 10.5. The Bertz CT molecular complexity index is 503. The van der Waals surface area contributed by atoms with Gasteiger partial charge in [0.1, 0.15) is 5.75 Å². The van der Waals surface area contributed by atoms with Crippen molar-refractivity contribution in [2.45, 2.75) is 0 Å². The van der Waals surface area contributed by atoms with Gasteiger partial charge in [-0.3, -0.25) is 0 Å². The Labute approximate surface area is 118 Å². The lowest BCUT2D eigenvalue weighted by molar-refractivity contribution is 0.415. The molecule has 0 unspecified atom stereocenters. The highest BCUT2D eigenvalue weighted by Crippen LogP contribution is 2.41. The van der Waals surface area contributed by atoms with E-state index in [1.165, 1.54) is 0 Å². The third kappa shape index (κ3) is 2.21. The molecule has 5 heteroatoms. The van der Waals surface area contributed by atoms with Gasteiger partial charge in [-0.2, -0.15) is 0 Å². The lowest BCUT2D eigenvalue weighted by Gasteiger charge is -2.01. The maximum atomic E-state index is 5.59. The van der Waals surface area contributed by atoms with Crippen LogP contribution < -0.4 is 4.74 Å². The van der Waals surface area contributed by atoms with Crippen LogP contribution in [-0.2, 0) is 0 Å². The van der Waals surface area contributed by atoms with Crippen LogP contribution in [0, 0.1) is 0 Å². The fourth-order valence-electron chi connectivity index (χ4n) is 1.29. The summed E-state index contributed by atoms with van der Waals surface area (Å²) in [5.41, 5.74) is 0.985. The monoisotopic (exact) mass is 408 g/mol. The molecule has 0 aliphatic carbocycles. The molecule has 84 valence electrons. The van der Waals surface area contributed by atoms with E-state index in [2.05, 4.69) is 47.8 Å². The van der Waals surface area contributed by atoms with E-state index >= 15 is 0 Å². The van der Waals surface area contributed by atoms with Crippen molar-refractivity contribution in [3.05, 3.63) is 37.9 Å². The number of benzene rings is 1. The molecule has 0 spiro atoms. The van der Waals surface area contributed by atoms with Crippen LogP contribution in [-0.4, -0.2) is 7.11 Å². The average Bonchev–Trinajstić information content (AvgIpc) is 2.57. The SMILES string of the molecule is COc1ccc(-c2oc(Br)c(Br)c2Br)cc1. The summed E-state index contributed by atoms with van der Waals surface area (Å²) in [6.07, 6.45) is 0. The van der Waals surface area contributed by atoms with Crippen molar-refractivity contribution in [3.63, 3.8) is 0 Å². The predicted molar refractivity (Wildman–Crippen MR) is 73.8 cm³/mol. The zero-order valence-corrected chi connectivity index (χ0v) is 13.0. The minimum atomic E-state index is 0.671. The Morgan fingerprint density at radius 3 is 2.06 bits per heavy atom. The first-order chi connectivity index (χ1) is 7.63. The minimum Gasteiger partial charge on any atom is -0.497 e. The molecule has 0 saturated carbocycles. The number of hydrogen-bond donors (Lipinski definition) is 0. The average molecular weight is 411 g/mol. The maximum Gasteiger partial charge on any atom is 0.185 e. The molecule has 2 nitrogen and oxygen atoms in total. The fourth-order valence-corrected chi connectivity index (χ4v) is 2.67. The summed E-state index contributed by atoms with van der Waals surface area (Å²) in [5, 5.41) is 0. The number of rotatable bonds is 2. The number of ether oxygens (including phenoxy) is 1. The molecule has 0 atom stereocenters. The first-order valence-electron chi connectivity index (χ1n) is 4.41. The standard InChI is InChI=1S/C11H7Br3O2/c1-15-7-4-2-6(3-5-7)10-8(12)9(13)11(14)16-10/h2-5H,1H3. The first kappa shape index (κ1) is 12.2. The Hall–Kier alpha value is -0.260. The Balaban J connectivity index is 2.46. The minimum absolute atomic E-state index is 0.671. The van der Waals surface area contributed by atoms with Gasteiger partial charge in [-0.1, -0.05) is 0 Å². The summed E-state index contributed by atoms with van der Waals surface area (Å²) in [5.74, 6) is 1.60. The summed E-state index contributed by atoms with van der Waals surface area (Å²) < 4.78 is 13.1. The molecule has 0 saturated heterocycles. The van der Waals surface area contributed by atoms with Gasteiger partial charge >= 0.3 is 0 Å². The second-order valence-electron chi connectivity index (χ2n) is 3.06. The molecule has 16 heavy (non-hydrogen) atoms. The highest BCUT2D eigenvalue weighted by molar-refractivity contribution is 9.14. The summed E-state index contributed by atoms with van der Waals surface area (Å²) in [7, 11) is 1.64. The van der Waals surface area contributed by atoms with Crippen molar-refractivity contribution >= 4 is 47.8 Å². The molecule has 0 aliphatic rings. The summed E-state index contributed by atoms with van der Waals surface area (Å²) >= 11 is 10.2. The van der Waals surface area contributed by atoms with Gasteiger partial charge in [0.2, 0.25) is 0 Å². The van der Waals surface area contributed by atoms with Crippen LogP contribution >= 0.6 is 47.8 Å². The van der Waals surface area contributed by atoms with E-state index in [0.29, 0.717) is 4.67 Å². The number of hydrogen-bond acceptors (Lipinski definition) is 2. The zero-order chi connectivity index (χ0) is 11.7. The summed E-state index contributed by atoms with van der Waals surface area (Å²) in [4.78, 5) is 0. The zero-order valence-electron chi connectivity index (χ0n) is 8.26. The van der Waals surface area contributed by atoms with Gasteiger partial charge in [0.15, 0.2) is 10.4 Å². The van der Waals surface area contributed by atoms with E-state index in [0.717, 1.165) is 26.0 Å². The van der Waals surface area contributed by atoms with E-state index in [9.17, 15) is 0 Å². The van der Waals surface area contributed by atoms with Crippen LogP contribution in [0.25, 0.3) is 11.3 Å². The molecule has 2 aromatic rings. The van der Waals surface area contributed by atoms with Crippen LogP contribution in [0.5, 0.6) is 5.75 Å².